The first kappa shape index (κ1) is 11.5. The van der Waals surface area contributed by atoms with Gasteiger partial charge in [-0.15, -0.1) is 0 Å². The quantitative estimate of drug-likeness (QED) is 0.783. The van der Waals surface area contributed by atoms with E-state index in [1.54, 1.807) is 30.9 Å². The Morgan fingerprint density at radius 2 is 2.29 bits per heavy atom. The minimum atomic E-state index is -0.206. The Labute approximate surface area is 98.0 Å². The monoisotopic (exact) mass is 234 g/mol. The van der Waals surface area contributed by atoms with E-state index in [1.807, 2.05) is 0 Å². The van der Waals surface area contributed by atoms with Gasteiger partial charge in [0.15, 0.2) is 5.82 Å². The van der Waals surface area contributed by atoms with E-state index in [0.717, 1.165) is 5.69 Å². The Morgan fingerprint density at radius 1 is 1.53 bits per heavy atom. The second-order valence-corrected chi connectivity index (χ2v) is 3.79. The SMILES string of the molecule is Cc1nc(-c2ccnn2C)[nH]c(=O)c1CCO. The van der Waals surface area contributed by atoms with E-state index in [1.165, 1.54) is 0 Å². The molecule has 6 nitrogen and oxygen atoms in total. The standard InChI is InChI=1S/C11H14N4O2/c1-7-8(4-6-16)11(17)14-10(13-7)9-3-5-12-15(9)2/h3,5,16H,4,6H2,1-2H3,(H,13,14,17). The summed E-state index contributed by atoms with van der Waals surface area (Å²) in [5, 5.41) is 12.9. The fourth-order valence-corrected chi connectivity index (χ4v) is 1.74. The lowest BCUT2D eigenvalue weighted by Gasteiger charge is -2.06. The van der Waals surface area contributed by atoms with E-state index < -0.39 is 0 Å². The number of nitrogens with zero attached hydrogens (tertiary/aromatic N) is 3. The number of hydrogen-bond acceptors (Lipinski definition) is 4. The fraction of sp³-hybridized carbons (Fsp3) is 0.364. The Balaban J connectivity index is 2.53. The molecule has 2 aromatic rings. The van der Waals surface area contributed by atoms with Crippen molar-refractivity contribution in [3.05, 3.63) is 33.9 Å². The van der Waals surface area contributed by atoms with Gasteiger partial charge in [-0.1, -0.05) is 0 Å². The van der Waals surface area contributed by atoms with Crippen LogP contribution >= 0.6 is 0 Å². The highest BCUT2D eigenvalue weighted by molar-refractivity contribution is 5.49. The normalized spacial score (nSPS) is 10.8. The zero-order chi connectivity index (χ0) is 12.4. The molecule has 0 aliphatic rings. The number of H-pyrrole nitrogens is 1. The van der Waals surface area contributed by atoms with Crippen molar-refractivity contribution in [1.29, 1.82) is 0 Å². The van der Waals surface area contributed by atoms with E-state index in [4.69, 9.17) is 5.11 Å². The second kappa shape index (κ2) is 4.50. The van der Waals surface area contributed by atoms with Crippen molar-refractivity contribution in [2.45, 2.75) is 13.3 Å². The van der Waals surface area contributed by atoms with Crippen LogP contribution in [-0.4, -0.2) is 31.5 Å². The molecule has 0 saturated carbocycles. The highest BCUT2D eigenvalue weighted by Gasteiger charge is 2.10. The predicted molar refractivity (Wildman–Crippen MR) is 62.6 cm³/mol. The van der Waals surface area contributed by atoms with Gasteiger partial charge in [0, 0.05) is 37.5 Å². The van der Waals surface area contributed by atoms with Crippen LogP contribution < -0.4 is 5.56 Å². The van der Waals surface area contributed by atoms with Gasteiger partial charge >= 0.3 is 0 Å². The Kier molecular flexibility index (Phi) is 3.06. The molecule has 0 radical (unpaired) electrons. The summed E-state index contributed by atoms with van der Waals surface area (Å²) in [6.45, 7) is 1.71. The van der Waals surface area contributed by atoms with E-state index in [-0.39, 0.29) is 12.2 Å². The lowest BCUT2D eigenvalue weighted by molar-refractivity contribution is 0.298. The van der Waals surface area contributed by atoms with Gasteiger partial charge in [0.05, 0.1) is 0 Å². The molecule has 17 heavy (non-hydrogen) atoms. The van der Waals surface area contributed by atoms with Crippen LogP contribution in [0.1, 0.15) is 11.3 Å². The summed E-state index contributed by atoms with van der Waals surface area (Å²) in [5.74, 6) is 0.495. The van der Waals surface area contributed by atoms with Crippen molar-refractivity contribution in [2.24, 2.45) is 7.05 Å². The summed E-state index contributed by atoms with van der Waals surface area (Å²) in [6, 6.07) is 1.78. The van der Waals surface area contributed by atoms with E-state index >= 15 is 0 Å². The molecule has 2 rings (SSSR count). The van der Waals surface area contributed by atoms with E-state index in [9.17, 15) is 4.79 Å². The van der Waals surface area contributed by atoms with Crippen LogP contribution in [0.3, 0.4) is 0 Å². The summed E-state index contributed by atoms with van der Waals surface area (Å²) in [6.07, 6.45) is 1.96. The third-order valence-electron chi connectivity index (χ3n) is 2.65. The number of rotatable bonds is 3. The second-order valence-electron chi connectivity index (χ2n) is 3.79. The third-order valence-corrected chi connectivity index (χ3v) is 2.65. The van der Waals surface area contributed by atoms with E-state index in [2.05, 4.69) is 15.1 Å². The molecule has 0 fully saturated rings. The molecular formula is C11H14N4O2. The summed E-state index contributed by atoms with van der Waals surface area (Å²) in [7, 11) is 1.78. The van der Waals surface area contributed by atoms with Gasteiger partial charge in [0.1, 0.15) is 5.69 Å². The van der Waals surface area contributed by atoms with Crippen LogP contribution in [0.4, 0.5) is 0 Å². The van der Waals surface area contributed by atoms with Gasteiger partial charge < -0.3 is 10.1 Å². The minimum absolute atomic E-state index is 0.0589. The van der Waals surface area contributed by atoms with Gasteiger partial charge in [0.25, 0.3) is 5.56 Å². The molecule has 90 valence electrons. The van der Waals surface area contributed by atoms with E-state index in [0.29, 0.717) is 23.5 Å². The van der Waals surface area contributed by atoms with Crippen molar-refractivity contribution < 1.29 is 5.11 Å². The average molecular weight is 234 g/mol. The topological polar surface area (TPSA) is 83.8 Å². The summed E-state index contributed by atoms with van der Waals surface area (Å²) in [5.41, 5.74) is 1.71. The Bertz CT molecular complexity index is 585. The van der Waals surface area contributed by atoms with Crippen LogP contribution in [0.25, 0.3) is 11.5 Å². The Hall–Kier alpha value is -1.95. The van der Waals surface area contributed by atoms with Gasteiger partial charge in [-0.25, -0.2) is 4.98 Å². The lowest BCUT2D eigenvalue weighted by atomic mass is 10.2. The summed E-state index contributed by atoms with van der Waals surface area (Å²) >= 11 is 0. The number of aryl methyl sites for hydroxylation is 2. The maximum absolute atomic E-state index is 11.8. The first-order valence-electron chi connectivity index (χ1n) is 5.32. The van der Waals surface area contributed by atoms with Crippen LogP contribution in [0.15, 0.2) is 17.1 Å². The van der Waals surface area contributed by atoms with Crippen LogP contribution in [-0.2, 0) is 13.5 Å². The maximum Gasteiger partial charge on any atom is 0.254 e. The van der Waals surface area contributed by atoms with Gasteiger partial charge in [-0.2, -0.15) is 5.10 Å². The number of aromatic nitrogens is 4. The van der Waals surface area contributed by atoms with Crippen molar-refractivity contribution >= 4 is 0 Å². The van der Waals surface area contributed by atoms with Gasteiger partial charge in [-0.3, -0.25) is 9.48 Å². The molecule has 0 amide bonds. The summed E-state index contributed by atoms with van der Waals surface area (Å²) < 4.78 is 1.64. The Morgan fingerprint density at radius 3 is 2.82 bits per heavy atom. The highest BCUT2D eigenvalue weighted by Crippen LogP contribution is 2.12. The number of aliphatic hydroxyl groups is 1. The fourth-order valence-electron chi connectivity index (χ4n) is 1.74. The molecule has 2 heterocycles. The number of nitrogens with one attached hydrogen (secondary N) is 1. The largest absolute Gasteiger partial charge is 0.396 e. The van der Waals surface area contributed by atoms with Crippen LogP contribution in [0.5, 0.6) is 0 Å². The molecule has 2 aromatic heterocycles. The van der Waals surface area contributed by atoms with Crippen LogP contribution in [0.2, 0.25) is 0 Å². The lowest BCUT2D eigenvalue weighted by Crippen LogP contribution is -2.19. The molecule has 0 aliphatic heterocycles. The molecule has 0 bridgehead atoms. The zero-order valence-electron chi connectivity index (χ0n) is 9.77. The number of aromatic amines is 1. The van der Waals surface area contributed by atoms with Crippen molar-refractivity contribution in [1.82, 2.24) is 19.7 Å². The molecule has 6 heteroatoms. The van der Waals surface area contributed by atoms with Crippen molar-refractivity contribution in [3.8, 4) is 11.5 Å². The molecule has 0 aliphatic carbocycles. The average Bonchev–Trinajstić information content (AvgIpc) is 2.69. The van der Waals surface area contributed by atoms with Crippen molar-refractivity contribution in [3.63, 3.8) is 0 Å². The molecule has 2 N–H and O–H groups in total. The minimum Gasteiger partial charge on any atom is -0.396 e. The molecule has 0 aromatic carbocycles. The maximum atomic E-state index is 11.8. The van der Waals surface area contributed by atoms with Crippen molar-refractivity contribution in [2.75, 3.05) is 6.61 Å². The zero-order valence-corrected chi connectivity index (χ0v) is 9.77. The molecule has 0 saturated heterocycles. The molecular weight excluding hydrogens is 220 g/mol. The van der Waals surface area contributed by atoms with Gasteiger partial charge in [0.2, 0.25) is 0 Å². The number of hydrogen-bond donors (Lipinski definition) is 2. The smallest absolute Gasteiger partial charge is 0.254 e. The first-order valence-corrected chi connectivity index (χ1v) is 5.32. The third kappa shape index (κ3) is 2.12. The summed E-state index contributed by atoms with van der Waals surface area (Å²) in [4.78, 5) is 18.9. The predicted octanol–water partition coefficient (Wildman–Crippen LogP) is 0.0136. The molecule has 0 unspecified atom stereocenters. The number of aliphatic hydroxyl groups excluding tert-OH is 1. The van der Waals surface area contributed by atoms with Gasteiger partial charge in [-0.05, 0) is 13.0 Å². The highest BCUT2D eigenvalue weighted by atomic mass is 16.3. The molecule has 0 atom stereocenters. The molecule has 0 spiro atoms. The first-order chi connectivity index (χ1) is 8.13. The van der Waals surface area contributed by atoms with Crippen LogP contribution in [0, 0.1) is 6.92 Å².